The summed E-state index contributed by atoms with van der Waals surface area (Å²) in [4.78, 5) is 84.9. The second-order valence-electron chi connectivity index (χ2n) is 14.0. The number of esters is 1. The van der Waals surface area contributed by atoms with Crippen LogP contribution in [0.1, 0.15) is 69.4 Å². The summed E-state index contributed by atoms with van der Waals surface area (Å²) in [5, 5.41) is 5.99. The number of anilines is 2. The van der Waals surface area contributed by atoms with Gasteiger partial charge in [-0.15, -0.1) is 0 Å². The molecule has 4 heterocycles. The van der Waals surface area contributed by atoms with Crippen LogP contribution in [-0.4, -0.2) is 83.6 Å². The largest absolute Gasteiger partial charge is 0.464 e. The van der Waals surface area contributed by atoms with Gasteiger partial charge in [0.1, 0.15) is 40.9 Å². The third-order valence-corrected chi connectivity index (χ3v) is 10.7. The summed E-state index contributed by atoms with van der Waals surface area (Å²) in [6.07, 6.45) is 6.90. The number of rotatable bonds is 6. The molecule has 2 N–H and O–H groups in total. The Morgan fingerprint density at radius 1 is 1.06 bits per heavy atom. The highest BCUT2D eigenvalue weighted by Crippen LogP contribution is 2.46. The summed E-state index contributed by atoms with van der Waals surface area (Å²) in [7, 11) is 0. The maximum Gasteiger partial charge on any atom is 0.410 e. The lowest BCUT2D eigenvalue weighted by Gasteiger charge is -2.36. The maximum atomic E-state index is 14.5. The molecule has 5 atom stereocenters. The van der Waals surface area contributed by atoms with Crippen LogP contribution < -0.4 is 26.4 Å². The third kappa shape index (κ3) is 6.13. The number of nitrogens with zero attached hydrogens (tertiary/aromatic N) is 3. The molecule has 2 aromatic rings. The maximum absolute atomic E-state index is 14.5. The van der Waals surface area contributed by atoms with Gasteiger partial charge in [-0.25, -0.2) is 14.0 Å². The Bertz CT molecular complexity index is 1800. The first kappa shape index (κ1) is 33.7. The van der Waals surface area contributed by atoms with Gasteiger partial charge >= 0.3 is 12.1 Å². The van der Waals surface area contributed by atoms with E-state index in [9.17, 15) is 33.2 Å². The average Bonchev–Trinajstić information content (AvgIpc) is 3.38. The molecule has 2 saturated heterocycles. The second-order valence-corrected chi connectivity index (χ2v) is 14.0. The monoisotopic (exact) mass is 691 g/mol. The lowest BCUT2D eigenvalue weighted by atomic mass is 10.0. The van der Waals surface area contributed by atoms with Crippen LogP contribution >= 0.6 is 0 Å². The predicted molar refractivity (Wildman–Crippen MR) is 179 cm³/mol. The lowest BCUT2D eigenvalue weighted by molar-refractivity contribution is -0.150. The van der Waals surface area contributed by atoms with Gasteiger partial charge in [-0.05, 0) is 50.7 Å². The minimum Gasteiger partial charge on any atom is -0.464 e. The van der Waals surface area contributed by atoms with E-state index in [0.29, 0.717) is 43.5 Å². The molecule has 5 aliphatic rings. The highest BCUT2D eigenvalue weighted by atomic mass is 19.1. The molecule has 7 rings (SSSR count). The summed E-state index contributed by atoms with van der Waals surface area (Å²) in [6.45, 7) is 3.19. The Labute approximate surface area is 288 Å². The average molecular weight is 692 g/mol. The summed E-state index contributed by atoms with van der Waals surface area (Å²) >= 11 is 0. The van der Waals surface area contributed by atoms with Gasteiger partial charge in [0.25, 0.3) is 10.9 Å². The van der Waals surface area contributed by atoms with Gasteiger partial charge in [-0.3, -0.25) is 24.1 Å². The zero-order valence-electron chi connectivity index (χ0n) is 28.1. The summed E-state index contributed by atoms with van der Waals surface area (Å²) in [5.74, 6) is -2.29. The van der Waals surface area contributed by atoms with Crippen molar-refractivity contribution in [2.24, 2.45) is 5.92 Å². The van der Waals surface area contributed by atoms with Crippen LogP contribution in [0.15, 0.2) is 39.9 Å². The number of carbonyl (C=O) groups is 4. The van der Waals surface area contributed by atoms with Crippen molar-refractivity contribution in [3.63, 3.8) is 0 Å². The van der Waals surface area contributed by atoms with Crippen LogP contribution in [0.2, 0.25) is 0 Å². The highest BCUT2D eigenvalue weighted by molar-refractivity contribution is 5.97. The number of halogens is 1. The van der Waals surface area contributed by atoms with E-state index in [1.807, 2.05) is 17.1 Å². The molecule has 0 bridgehead atoms. The van der Waals surface area contributed by atoms with E-state index < -0.39 is 64.3 Å². The van der Waals surface area contributed by atoms with E-state index >= 15 is 0 Å². The number of nitrogens with one attached hydrogen (secondary N) is 2. The van der Waals surface area contributed by atoms with Crippen molar-refractivity contribution in [1.29, 1.82) is 0 Å². The van der Waals surface area contributed by atoms with Gasteiger partial charge in [-0.2, -0.15) is 0 Å². The summed E-state index contributed by atoms with van der Waals surface area (Å²) in [5.41, 5.74) is -1.04. The summed E-state index contributed by atoms with van der Waals surface area (Å²) in [6, 6.07) is 2.62. The molecule has 1 aliphatic carbocycles. The van der Waals surface area contributed by atoms with Crippen molar-refractivity contribution in [1.82, 2.24) is 15.1 Å². The predicted octanol–water partition coefficient (Wildman–Crippen LogP) is 2.49. The Balaban J connectivity index is 1.15. The second kappa shape index (κ2) is 13.5. The number of benzene rings is 1. The van der Waals surface area contributed by atoms with E-state index in [4.69, 9.17) is 9.47 Å². The molecule has 2 aromatic carbocycles. The number of ether oxygens (including phenoxy) is 2. The van der Waals surface area contributed by atoms with E-state index in [2.05, 4.69) is 10.6 Å². The van der Waals surface area contributed by atoms with Gasteiger partial charge in [0.05, 0.1) is 19.7 Å². The minimum absolute atomic E-state index is 0.0320. The molecule has 14 heteroatoms. The Hall–Kier alpha value is -4.75. The molecule has 0 spiro atoms. The minimum atomic E-state index is -1.27. The van der Waals surface area contributed by atoms with Crippen molar-refractivity contribution in [3.8, 4) is 0 Å². The van der Waals surface area contributed by atoms with Crippen LogP contribution in [0.5, 0.6) is 0 Å². The van der Waals surface area contributed by atoms with Crippen molar-refractivity contribution in [3.05, 3.63) is 67.7 Å². The zero-order valence-corrected chi connectivity index (χ0v) is 28.1. The molecule has 50 heavy (non-hydrogen) atoms. The van der Waals surface area contributed by atoms with Gasteiger partial charge in [-0.1, -0.05) is 37.1 Å². The fourth-order valence-corrected chi connectivity index (χ4v) is 7.65. The van der Waals surface area contributed by atoms with Gasteiger partial charge in [0.15, 0.2) is 0 Å². The van der Waals surface area contributed by atoms with E-state index in [1.165, 1.54) is 15.9 Å². The van der Waals surface area contributed by atoms with Gasteiger partial charge in [0.2, 0.25) is 11.8 Å². The van der Waals surface area contributed by atoms with Gasteiger partial charge in [0, 0.05) is 37.5 Å². The zero-order chi connectivity index (χ0) is 35.2. The molecule has 1 saturated carbocycles. The van der Waals surface area contributed by atoms with E-state index in [-0.39, 0.29) is 50.0 Å². The van der Waals surface area contributed by atoms with E-state index in [0.717, 1.165) is 25.7 Å². The fourth-order valence-electron chi connectivity index (χ4n) is 7.65. The van der Waals surface area contributed by atoms with Crippen LogP contribution in [0.4, 0.5) is 20.6 Å². The molecular formula is C36H42FN5O8. The van der Waals surface area contributed by atoms with Crippen molar-refractivity contribution in [2.75, 3.05) is 36.5 Å². The topological polar surface area (TPSA) is 155 Å². The smallest absolute Gasteiger partial charge is 0.410 e. The molecule has 4 aliphatic heterocycles. The Morgan fingerprint density at radius 3 is 2.62 bits per heavy atom. The number of hydrogen-bond acceptors (Lipinski definition) is 10. The molecular weight excluding hydrogens is 649 g/mol. The van der Waals surface area contributed by atoms with Crippen LogP contribution in [-0.2, 0) is 36.9 Å². The standard InChI is InChI=1S/C36H42FN5O8/c1-2-49-34(47)36-17-22(36)11-6-4-3-5-7-13-26(38-28-29(31(44)30(28)43)40-14-9-15-40)33(46)42-19-23(16-27(42)32(45)39-36)50-35(48)41-18-21-10-8-12-25(37)24(21)20-41/h6,8,10-12,22-23,26-27,38H,2-5,7,9,13-20H2,1H3,(H,39,45)/b11-6-/t22-,23+,26-,27-,36+/m0/s1. The number of fused-ring (bicyclic) bond motifs is 3. The third-order valence-electron chi connectivity index (χ3n) is 10.7. The first-order valence-electron chi connectivity index (χ1n) is 17.6. The molecule has 0 radical (unpaired) electrons. The van der Waals surface area contributed by atoms with Gasteiger partial charge < -0.3 is 29.9 Å². The van der Waals surface area contributed by atoms with Crippen LogP contribution in [0, 0.1) is 11.7 Å². The quantitative estimate of drug-likeness (QED) is 0.262. The first-order valence-corrected chi connectivity index (χ1v) is 17.6. The molecule has 0 unspecified atom stereocenters. The van der Waals surface area contributed by atoms with Crippen molar-refractivity contribution in [2.45, 2.75) is 95.1 Å². The fraction of sp³-hybridized carbons (Fsp3) is 0.556. The molecule has 13 nitrogen and oxygen atoms in total. The summed E-state index contributed by atoms with van der Waals surface area (Å²) < 4.78 is 25.6. The molecule has 3 amide bonds. The number of amides is 3. The SMILES string of the molecule is CCOC(=O)[C@@]12C[C@@H]1/C=C\CCCCC[C@H](Nc1c(N3CCC3)c(=O)c1=O)C(=O)N1C[C@H](OC(=O)N3Cc4cccc(F)c4C3)C[C@H]1C(=O)N2. The number of carbonyl (C=O) groups excluding carboxylic acids is 4. The number of allylic oxidation sites excluding steroid dienone is 1. The molecule has 3 fully saturated rings. The van der Waals surface area contributed by atoms with Crippen LogP contribution in [0.3, 0.4) is 0 Å². The first-order chi connectivity index (χ1) is 24.1. The highest BCUT2D eigenvalue weighted by Gasteiger charge is 2.62. The van der Waals surface area contributed by atoms with Crippen LogP contribution in [0.25, 0.3) is 0 Å². The molecule has 0 aromatic heterocycles. The van der Waals surface area contributed by atoms with Crippen molar-refractivity contribution < 1.29 is 33.0 Å². The molecule has 266 valence electrons. The number of hydrogen-bond donors (Lipinski definition) is 2. The van der Waals surface area contributed by atoms with Crippen molar-refractivity contribution >= 4 is 35.3 Å². The normalized spacial score (nSPS) is 28.7. The lowest BCUT2D eigenvalue weighted by Crippen LogP contribution is -2.56. The van der Waals surface area contributed by atoms with E-state index in [1.54, 1.807) is 19.1 Å². The Morgan fingerprint density at radius 2 is 1.88 bits per heavy atom. The Kier molecular flexibility index (Phi) is 9.12.